The van der Waals surface area contributed by atoms with Crippen LogP contribution in [-0.2, 0) is 6.42 Å². The quantitative estimate of drug-likeness (QED) is 0.756. The number of nitrogens with one attached hydrogen (secondary N) is 1. The zero-order chi connectivity index (χ0) is 17.6. The maximum absolute atomic E-state index is 12.7. The number of benzene rings is 2. The Kier molecular flexibility index (Phi) is 3.75. The molecule has 0 saturated carbocycles. The lowest BCUT2D eigenvalue weighted by atomic mass is 10.1. The lowest BCUT2D eigenvalue weighted by Crippen LogP contribution is -2.19. The minimum Gasteiger partial charge on any atom is -0.450 e. The number of para-hydroxylation sites is 1. The van der Waals surface area contributed by atoms with Crippen molar-refractivity contribution in [1.29, 1.82) is 0 Å². The monoisotopic (exact) mass is 334 g/mol. The number of hydrogen-bond donors (Lipinski definition) is 1. The van der Waals surface area contributed by atoms with Gasteiger partial charge in [-0.3, -0.25) is 4.79 Å². The molecule has 0 spiro atoms. The van der Waals surface area contributed by atoms with Gasteiger partial charge in [0.05, 0.1) is 0 Å². The van der Waals surface area contributed by atoms with Crippen molar-refractivity contribution >= 4 is 28.3 Å². The number of furan rings is 1. The number of likely N-dealkylation sites (N-methyl/N-ethyl adjacent to an activating group) is 1. The first kappa shape index (κ1) is 15.8. The summed E-state index contributed by atoms with van der Waals surface area (Å²) in [4.78, 5) is 15.1. The maximum atomic E-state index is 12.7. The lowest BCUT2D eigenvalue weighted by molar-refractivity contribution is 0.0998. The van der Waals surface area contributed by atoms with Crippen molar-refractivity contribution in [3.8, 4) is 0 Å². The molecule has 0 saturated heterocycles. The molecule has 1 aliphatic rings. The number of nitrogens with zero attached hydrogens (tertiary/aromatic N) is 1. The molecule has 3 aromatic rings. The first-order chi connectivity index (χ1) is 12.1. The summed E-state index contributed by atoms with van der Waals surface area (Å²) in [6.07, 6.45) is 1.07. The third-order valence-corrected chi connectivity index (χ3v) is 5.08. The van der Waals surface area contributed by atoms with Crippen LogP contribution in [0, 0.1) is 13.8 Å². The largest absolute Gasteiger partial charge is 0.450 e. The molecule has 0 aliphatic carbocycles. The van der Waals surface area contributed by atoms with E-state index in [2.05, 4.69) is 29.3 Å². The third-order valence-electron chi connectivity index (χ3n) is 5.08. The number of aryl methyl sites for hydroxylation is 2. The van der Waals surface area contributed by atoms with Gasteiger partial charge in [-0.1, -0.05) is 24.3 Å². The van der Waals surface area contributed by atoms with Crippen LogP contribution in [0.25, 0.3) is 11.0 Å². The smallest absolute Gasteiger partial charge is 0.291 e. The van der Waals surface area contributed by atoms with Gasteiger partial charge in [-0.25, -0.2) is 0 Å². The van der Waals surface area contributed by atoms with Crippen molar-refractivity contribution < 1.29 is 9.21 Å². The topological polar surface area (TPSA) is 45.5 Å². The van der Waals surface area contributed by atoms with Crippen molar-refractivity contribution in [3.63, 3.8) is 0 Å². The van der Waals surface area contributed by atoms with Gasteiger partial charge in [0.25, 0.3) is 5.91 Å². The van der Waals surface area contributed by atoms with Crippen molar-refractivity contribution in [3.05, 3.63) is 58.8 Å². The summed E-state index contributed by atoms with van der Waals surface area (Å²) in [5.41, 5.74) is 6.08. The van der Waals surface area contributed by atoms with Crippen molar-refractivity contribution in [2.45, 2.75) is 27.2 Å². The van der Waals surface area contributed by atoms with E-state index in [1.807, 2.05) is 38.1 Å². The molecule has 4 rings (SSSR count). The van der Waals surface area contributed by atoms with E-state index in [1.54, 1.807) is 0 Å². The molecule has 2 heterocycles. The Morgan fingerprint density at radius 2 is 2.08 bits per heavy atom. The first-order valence-electron chi connectivity index (χ1n) is 8.76. The summed E-state index contributed by atoms with van der Waals surface area (Å²) in [7, 11) is 0. The van der Waals surface area contributed by atoms with Crippen LogP contribution in [0.15, 0.2) is 40.8 Å². The van der Waals surface area contributed by atoms with Gasteiger partial charge in [0.15, 0.2) is 5.76 Å². The molecule has 0 unspecified atom stereocenters. The molecule has 1 aliphatic heterocycles. The Bertz CT molecular complexity index is 971. The molecule has 1 N–H and O–H groups in total. The molecular formula is C21H22N2O2. The van der Waals surface area contributed by atoms with Crippen LogP contribution in [0.1, 0.15) is 34.2 Å². The minimum absolute atomic E-state index is 0.200. The van der Waals surface area contributed by atoms with E-state index < -0.39 is 0 Å². The molecule has 1 amide bonds. The van der Waals surface area contributed by atoms with Crippen LogP contribution in [0.3, 0.4) is 0 Å². The SMILES string of the molecule is CCN1CCc2ccc(NC(=O)c3oc4c(C)cccc4c3C)cc21. The fraction of sp³-hybridized carbons (Fsp3) is 0.286. The molecule has 25 heavy (non-hydrogen) atoms. The molecular weight excluding hydrogens is 312 g/mol. The molecule has 0 fully saturated rings. The summed E-state index contributed by atoms with van der Waals surface area (Å²) in [6.45, 7) is 8.10. The Hall–Kier alpha value is -2.75. The highest BCUT2D eigenvalue weighted by Crippen LogP contribution is 2.32. The van der Waals surface area contributed by atoms with E-state index in [1.165, 1.54) is 11.3 Å². The number of rotatable bonds is 3. The minimum atomic E-state index is -0.200. The summed E-state index contributed by atoms with van der Waals surface area (Å²) < 4.78 is 5.88. The third kappa shape index (κ3) is 2.58. The number of fused-ring (bicyclic) bond motifs is 2. The zero-order valence-electron chi connectivity index (χ0n) is 14.8. The van der Waals surface area contributed by atoms with Gasteiger partial charge in [-0.05, 0) is 50.5 Å². The van der Waals surface area contributed by atoms with E-state index in [0.717, 1.165) is 47.3 Å². The number of carbonyl (C=O) groups is 1. The predicted octanol–water partition coefficient (Wildman–Crippen LogP) is 4.68. The van der Waals surface area contributed by atoms with Crippen LogP contribution >= 0.6 is 0 Å². The molecule has 128 valence electrons. The highest BCUT2D eigenvalue weighted by Gasteiger charge is 2.21. The second kappa shape index (κ2) is 5.96. The van der Waals surface area contributed by atoms with Gasteiger partial charge in [0.2, 0.25) is 0 Å². The Labute approximate surface area is 147 Å². The molecule has 4 nitrogen and oxygen atoms in total. The van der Waals surface area contributed by atoms with Gasteiger partial charge in [0.1, 0.15) is 5.58 Å². The van der Waals surface area contributed by atoms with Crippen molar-refractivity contribution in [2.75, 3.05) is 23.3 Å². The highest BCUT2D eigenvalue weighted by molar-refractivity contribution is 6.07. The van der Waals surface area contributed by atoms with Crippen LogP contribution in [0.2, 0.25) is 0 Å². The van der Waals surface area contributed by atoms with E-state index in [-0.39, 0.29) is 5.91 Å². The number of hydrogen-bond acceptors (Lipinski definition) is 3. The second-order valence-corrected chi connectivity index (χ2v) is 6.64. The molecule has 0 bridgehead atoms. The molecule has 2 aromatic carbocycles. The summed E-state index contributed by atoms with van der Waals surface area (Å²) >= 11 is 0. The van der Waals surface area contributed by atoms with Gasteiger partial charge < -0.3 is 14.6 Å². The van der Waals surface area contributed by atoms with Gasteiger partial charge in [0, 0.05) is 35.4 Å². The van der Waals surface area contributed by atoms with E-state index in [0.29, 0.717) is 5.76 Å². The molecule has 1 aromatic heterocycles. The Morgan fingerprint density at radius 3 is 2.84 bits per heavy atom. The second-order valence-electron chi connectivity index (χ2n) is 6.64. The van der Waals surface area contributed by atoms with Crippen molar-refractivity contribution in [2.24, 2.45) is 0 Å². The number of carbonyl (C=O) groups excluding carboxylic acids is 1. The number of anilines is 2. The zero-order valence-corrected chi connectivity index (χ0v) is 14.8. The van der Waals surface area contributed by atoms with E-state index in [9.17, 15) is 4.79 Å². The lowest BCUT2D eigenvalue weighted by Gasteiger charge is -2.17. The standard InChI is InChI=1S/C21H22N2O2/c1-4-23-11-10-15-8-9-16(12-18(15)23)22-21(24)20-14(3)17-7-5-6-13(2)19(17)25-20/h5-9,12H,4,10-11H2,1-3H3,(H,22,24). The van der Waals surface area contributed by atoms with Gasteiger partial charge >= 0.3 is 0 Å². The average Bonchev–Trinajstić information content (AvgIpc) is 3.17. The highest BCUT2D eigenvalue weighted by atomic mass is 16.3. The van der Waals surface area contributed by atoms with Crippen LogP contribution in [0.4, 0.5) is 11.4 Å². The van der Waals surface area contributed by atoms with Crippen LogP contribution < -0.4 is 10.2 Å². The van der Waals surface area contributed by atoms with E-state index in [4.69, 9.17) is 4.42 Å². The summed E-state index contributed by atoms with van der Waals surface area (Å²) in [6, 6.07) is 12.1. The average molecular weight is 334 g/mol. The fourth-order valence-corrected chi connectivity index (χ4v) is 3.64. The van der Waals surface area contributed by atoms with Gasteiger partial charge in [-0.15, -0.1) is 0 Å². The van der Waals surface area contributed by atoms with Crippen molar-refractivity contribution in [1.82, 2.24) is 0 Å². The molecule has 0 atom stereocenters. The Balaban J connectivity index is 1.65. The predicted molar refractivity (Wildman–Crippen MR) is 102 cm³/mol. The normalized spacial score (nSPS) is 13.3. The Morgan fingerprint density at radius 1 is 1.24 bits per heavy atom. The molecule has 0 radical (unpaired) electrons. The summed E-state index contributed by atoms with van der Waals surface area (Å²) in [5, 5.41) is 3.99. The van der Waals surface area contributed by atoms with Gasteiger partial charge in [-0.2, -0.15) is 0 Å². The van der Waals surface area contributed by atoms with E-state index >= 15 is 0 Å². The first-order valence-corrected chi connectivity index (χ1v) is 8.76. The maximum Gasteiger partial charge on any atom is 0.291 e. The van der Waals surface area contributed by atoms with Crippen LogP contribution in [-0.4, -0.2) is 19.0 Å². The number of amides is 1. The van der Waals surface area contributed by atoms with Crippen LogP contribution in [0.5, 0.6) is 0 Å². The summed E-state index contributed by atoms with van der Waals surface area (Å²) in [5.74, 6) is 0.186. The molecule has 4 heteroatoms. The fourth-order valence-electron chi connectivity index (χ4n) is 3.64.